The predicted molar refractivity (Wildman–Crippen MR) is 95.7 cm³/mol. The minimum absolute atomic E-state index is 0.239. The number of aromatic nitrogens is 3. The van der Waals surface area contributed by atoms with E-state index < -0.39 is 0 Å². The first-order chi connectivity index (χ1) is 12.1. The molecule has 124 valence electrons. The van der Waals surface area contributed by atoms with E-state index in [1.54, 1.807) is 18.2 Å². The van der Waals surface area contributed by atoms with E-state index in [-0.39, 0.29) is 23.7 Å². The number of aromatic amines is 1. The monoisotopic (exact) mass is 332 g/mol. The highest BCUT2D eigenvalue weighted by molar-refractivity contribution is 5.96. The van der Waals surface area contributed by atoms with Gasteiger partial charge in [-0.3, -0.25) is 9.59 Å². The van der Waals surface area contributed by atoms with Crippen molar-refractivity contribution in [3.63, 3.8) is 0 Å². The van der Waals surface area contributed by atoms with Crippen LogP contribution in [0.4, 0.5) is 0 Å². The van der Waals surface area contributed by atoms with Gasteiger partial charge in [-0.05, 0) is 36.1 Å². The summed E-state index contributed by atoms with van der Waals surface area (Å²) in [6, 6.07) is 12.8. The Morgan fingerprint density at radius 1 is 1.24 bits per heavy atom. The molecule has 1 amide bonds. The van der Waals surface area contributed by atoms with Gasteiger partial charge in [-0.1, -0.05) is 24.3 Å². The van der Waals surface area contributed by atoms with Crippen molar-refractivity contribution >= 4 is 22.3 Å². The topological polar surface area (TPSA) is 79.3 Å². The van der Waals surface area contributed by atoms with E-state index in [0.717, 1.165) is 22.3 Å². The van der Waals surface area contributed by atoms with Crippen LogP contribution >= 0.6 is 0 Å². The van der Waals surface area contributed by atoms with Gasteiger partial charge in [-0.15, -0.1) is 0 Å². The zero-order valence-electron chi connectivity index (χ0n) is 13.6. The molecular weight excluding hydrogens is 316 g/mol. The number of fused-ring (bicyclic) bond motifs is 2. The van der Waals surface area contributed by atoms with Gasteiger partial charge < -0.3 is 14.7 Å². The van der Waals surface area contributed by atoms with Crippen molar-refractivity contribution < 1.29 is 4.79 Å². The Labute approximate surface area is 143 Å². The molecule has 0 saturated heterocycles. The summed E-state index contributed by atoms with van der Waals surface area (Å²) in [7, 11) is 0. The number of carbonyl (C=O) groups is 1. The molecule has 3 heterocycles. The second-order valence-electron chi connectivity index (χ2n) is 5.94. The normalized spacial score (nSPS) is 11.1. The van der Waals surface area contributed by atoms with E-state index in [0.29, 0.717) is 5.39 Å². The van der Waals surface area contributed by atoms with Gasteiger partial charge in [0.25, 0.3) is 11.5 Å². The summed E-state index contributed by atoms with van der Waals surface area (Å²) in [5, 5.41) is 4.10. The van der Waals surface area contributed by atoms with Crippen LogP contribution in [0.15, 0.2) is 59.7 Å². The summed E-state index contributed by atoms with van der Waals surface area (Å²) < 4.78 is 1.93. The van der Waals surface area contributed by atoms with Gasteiger partial charge in [-0.25, -0.2) is 4.98 Å². The van der Waals surface area contributed by atoms with Crippen LogP contribution in [0.3, 0.4) is 0 Å². The molecule has 4 aromatic rings. The highest BCUT2D eigenvalue weighted by Gasteiger charge is 2.10. The Kier molecular flexibility index (Phi) is 3.57. The number of H-pyrrole nitrogens is 1. The smallest absolute Gasteiger partial charge is 0.268 e. The van der Waals surface area contributed by atoms with Crippen molar-refractivity contribution in [1.82, 2.24) is 19.7 Å². The van der Waals surface area contributed by atoms with Crippen molar-refractivity contribution in [3.8, 4) is 0 Å². The molecule has 0 radical (unpaired) electrons. The van der Waals surface area contributed by atoms with Crippen LogP contribution in [0, 0.1) is 6.92 Å². The van der Waals surface area contributed by atoms with Crippen LogP contribution in [0.2, 0.25) is 0 Å². The third-order valence-corrected chi connectivity index (χ3v) is 4.16. The fraction of sp³-hybridized carbons (Fsp3) is 0.105. The molecule has 0 atom stereocenters. The summed E-state index contributed by atoms with van der Waals surface area (Å²) in [6.07, 6.45) is 3.80. The first kappa shape index (κ1) is 15.1. The average molecular weight is 332 g/mol. The molecule has 3 aromatic heterocycles. The average Bonchev–Trinajstić information content (AvgIpc) is 3.04. The van der Waals surface area contributed by atoms with Crippen molar-refractivity contribution in [2.75, 3.05) is 0 Å². The maximum Gasteiger partial charge on any atom is 0.268 e. The van der Waals surface area contributed by atoms with Gasteiger partial charge in [0.15, 0.2) is 0 Å². The summed E-state index contributed by atoms with van der Waals surface area (Å²) in [4.78, 5) is 31.6. The minimum atomic E-state index is -0.336. The third-order valence-electron chi connectivity index (χ3n) is 4.16. The lowest BCUT2D eigenvalue weighted by molar-refractivity contribution is 0.0945. The van der Waals surface area contributed by atoms with Crippen LogP contribution in [0.25, 0.3) is 16.4 Å². The van der Waals surface area contributed by atoms with Crippen molar-refractivity contribution in [2.45, 2.75) is 13.5 Å². The number of nitrogens with zero attached hydrogens (tertiary/aromatic N) is 2. The largest absolute Gasteiger partial charge is 0.345 e. The fourth-order valence-electron chi connectivity index (χ4n) is 2.89. The Balaban J connectivity index is 1.57. The summed E-state index contributed by atoms with van der Waals surface area (Å²) >= 11 is 0. The Hall–Kier alpha value is -3.41. The number of hydrogen-bond donors (Lipinski definition) is 2. The molecule has 0 aliphatic carbocycles. The quantitative estimate of drug-likeness (QED) is 0.605. The number of carbonyl (C=O) groups excluding carboxylic acids is 1. The van der Waals surface area contributed by atoms with E-state index in [9.17, 15) is 9.59 Å². The van der Waals surface area contributed by atoms with Crippen molar-refractivity contribution in [1.29, 1.82) is 0 Å². The molecule has 4 rings (SSSR count). The molecule has 0 bridgehead atoms. The summed E-state index contributed by atoms with van der Waals surface area (Å²) in [6.45, 7) is 2.28. The maximum atomic E-state index is 12.4. The Morgan fingerprint density at radius 2 is 2.08 bits per heavy atom. The van der Waals surface area contributed by atoms with Gasteiger partial charge in [0.1, 0.15) is 11.3 Å². The van der Waals surface area contributed by atoms with E-state index in [2.05, 4.69) is 15.3 Å². The van der Waals surface area contributed by atoms with Crippen LogP contribution in [0.5, 0.6) is 0 Å². The minimum Gasteiger partial charge on any atom is -0.345 e. The second kappa shape index (κ2) is 5.90. The molecule has 0 aliphatic heterocycles. The third kappa shape index (κ3) is 2.78. The van der Waals surface area contributed by atoms with E-state index in [4.69, 9.17) is 0 Å². The highest BCUT2D eigenvalue weighted by atomic mass is 16.2. The Morgan fingerprint density at radius 3 is 2.92 bits per heavy atom. The molecule has 0 saturated carbocycles. The number of imidazole rings is 1. The van der Waals surface area contributed by atoms with Crippen LogP contribution in [0.1, 0.15) is 21.7 Å². The lowest BCUT2D eigenvalue weighted by atomic mass is 10.1. The highest BCUT2D eigenvalue weighted by Crippen LogP contribution is 2.11. The van der Waals surface area contributed by atoms with Crippen LogP contribution in [-0.4, -0.2) is 20.3 Å². The molecule has 0 fully saturated rings. The Bertz CT molecular complexity index is 1160. The molecule has 0 spiro atoms. The lowest BCUT2D eigenvalue weighted by Crippen LogP contribution is -2.26. The molecule has 2 N–H and O–H groups in total. The van der Waals surface area contributed by atoms with Crippen molar-refractivity contribution in [3.05, 3.63) is 82.2 Å². The molecule has 0 aliphatic rings. The number of rotatable bonds is 3. The summed E-state index contributed by atoms with van der Waals surface area (Å²) in [5.41, 5.74) is 2.66. The number of nitrogens with one attached hydrogen (secondary N) is 2. The number of benzene rings is 1. The maximum absolute atomic E-state index is 12.4. The van der Waals surface area contributed by atoms with E-state index in [1.807, 2.05) is 48.0 Å². The standard InChI is InChI=1S/C19H16N4O2/c1-12-5-4-8-23-11-14(21-17(12)23)10-20-19(25)16-9-13-6-2-3-7-15(13)18(24)22-16/h2-9,11H,10H2,1H3,(H,20,25)(H,22,24). The zero-order chi connectivity index (χ0) is 17.4. The first-order valence-electron chi connectivity index (χ1n) is 7.95. The van der Waals surface area contributed by atoms with E-state index in [1.165, 1.54) is 0 Å². The molecular formula is C19H16N4O2. The number of hydrogen-bond acceptors (Lipinski definition) is 3. The fourth-order valence-corrected chi connectivity index (χ4v) is 2.89. The zero-order valence-corrected chi connectivity index (χ0v) is 13.6. The van der Waals surface area contributed by atoms with E-state index >= 15 is 0 Å². The molecule has 6 heteroatoms. The number of aryl methyl sites for hydroxylation is 1. The summed E-state index contributed by atoms with van der Waals surface area (Å²) in [5.74, 6) is -0.336. The molecule has 1 aromatic carbocycles. The molecule has 25 heavy (non-hydrogen) atoms. The second-order valence-corrected chi connectivity index (χ2v) is 5.94. The SMILES string of the molecule is Cc1cccn2cc(CNC(=O)c3cc4ccccc4c(=O)[nH]3)nc12. The lowest BCUT2D eigenvalue weighted by Gasteiger charge is -2.04. The van der Waals surface area contributed by atoms with Crippen LogP contribution in [-0.2, 0) is 6.54 Å². The van der Waals surface area contributed by atoms with Crippen LogP contribution < -0.4 is 10.9 Å². The number of amides is 1. The van der Waals surface area contributed by atoms with Gasteiger partial charge in [0, 0.05) is 17.8 Å². The predicted octanol–water partition coefficient (Wildman–Crippen LogP) is 2.41. The number of pyridine rings is 2. The van der Waals surface area contributed by atoms with Gasteiger partial charge >= 0.3 is 0 Å². The van der Waals surface area contributed by atoms with Gasteiger partial charge in [0.2, 0.25) is 0 Å². The first-order valence-corrected chi connectivity index (χ1v) is 7.95. The molecule has 6 nitrogen and oxygen atoms in total. The van der Waals surface area contributed by atoms with Gasteiger partial charge in [-0.2, -0.15) is 0 Å². The molecule has 0 unspecified atom stereocenters. The van der Waals surface area contributed by atoms with Crippen molar-refractivity contribution in [2.24, 2.45) is 0 Å². The van der Waals surface area contributed by atoms with Gasteiger partial charge in [0.05, 0.1) is 12.2 Å².